The zero-order chi connectivity index (χ0) is 12.4. The Balaban J connectivity index is 2.04. The van der Waals surface area contributed by atoms with Crippen LogP contribution in [0.3, 0.4) is 0 Å². The fourth-order valence-electron chi connectivity index (χ4n) is 2.17. The molecule has 0 spiro atoms. The van der Waals surface area contributed by atoms with Crippen LogP contribution in [0.1, 0.15) is 35.2 Å². The molecule has 1 saturated carbocycles. The molecule has 0 unspecified atom stereocenters. The molecule has 2 N–H and O–H groups in total. The zero-order valence-corrected chi connectivity index (χ0v) is 10.6. The van der Waals surface area contributed by atoms with Crippen molar-refractivity contribution in [2.75, 3.05) is 19.3 Å². The molecule has 1 aliphatic rings. The minimum atomic E-state index is 0.0972. The van der Waals surface area contributed by atoms with Gasteiger partial charge in [0.05, 0.1) is 0 Å². The average Bonchev–Trinajstić information content (AvgIpc) is 2.26. The van der Waals surface area contributed by atoms with Gasteiger partial charge in [0.15, 0.2) is 0 Å². The van der Waals surface area contributed by atoms with Crippen LogP contribution in [-0.4, -0.2) is 24.4 Å². The number of anilines is 1. The Morgan fingerprint density at radius 2 is 2.18 bits per heavy atom. The van der Waals surface area contributed by atoms with Gasteiger partial charge in [-0.05, 0) is 49.4 Å². The lowest BCUT2D eigenvalue weighted by Gasteiger charge is -2.30. The van der Waals surface area contributed by atoms with Crippen molar-refractivity contribution in [3.05, 3.63) is 29.3 Å². The minimum Gasteiger partial charge on any atom is -0.399 e. The van der Waals surface area contributed by atoms with Crippen molar-refractivity contribution in [3.63, 3.8) is 0 Å². The van der Waals surface area contributed by atoms with Gasteiger partial charge in [-0.1, -0.05) is 6.42 Å². The van der Waals surface area contributed by atoms with Crippen LogP contribution in [-0.2, 0) is 0 Å². The highest BCUT2D eigenvalue weighted by atomic mass is 16.2. The Morgan fingerprint density at radius 1 is 1.47 bits per heavy atom. The van der Waals surface area contributed by atoms with Gasteiger partial charge in [0.25, 0.3) is 5.91 Å². The highest BCUT2D eigenvalue weighted by Crippen LogP contribution is 2.27. The molecule has 1 amide bonds. The summed E-state index contributed by atoms with van der Waals surface area (Å²) in [5, 5.41) is 0. The molecule has 1 fully saturated rings. The maximum atomic E-state index is 12.2. The van der Waals surface area contributed by atoms with Crippen LogP contribution in [0.25, 0.3) is 0 Å². The average molecular weight is 232 g/mol. The van der Waals surface area contributed by atoms with E-state index in [9.17, 15) is 4.79 Å². The van der Waals surface area contributed by atoms with E-state index in [4.69, 9.17) is 5.73 Å². The number of aryl methyl sites for hydroxylation is 1. The van der Waals surface area contributed by atoms with Crippen molar-refractivity contribution >= 4 is 11.6 Å². The number of carbonyl (C=O) groups excluding carboxylic acids is 1. The molecule has 1 aliphatic carbocycles. The van der Waals surface area contributed by atoms with Crippen LogP contribution >= 0.6 is 0 Å². The Morgan fingerprint density at radius 3 is 2.71 bits per heavy atom. The predicted octanol–water partition coefficient (Wildman–Crippen LogP) is 2.45. The molecular weight excluding hydrogens is 212 g/mol. The van der Waals surface area contributed by atoms with E-state index < -0.39 is 0 Å². The van der Waals surface area contributed by atoms with Gasteiger partial charge < -0.3 is 10.6 Å². The highest BCUT2D eigenvalue weighted by Gasteiger charge is 2.22. The van der Waals surface area contributed by atoms with Crippen molar-refractivity contribution in [2.24, 2.45) is 5.92 Å². The third-order valence-electron chi connectivity index (χ3n) is 3.62. The third-order valence-corrected chi connectivity index (χ3v) is 3.62. The smallest absolute Gasteiger partial charge is 0.253 e. The Hall–Kier alpha value is -1.51. The second-order valence-corrected chi connectivity index (χ2v) is 5.05. The summed E-state index contributed by atoms with van der Waals surface area (Å²) in [4.78, 5) is 14.0. The van der Waals surface area contributed by atoms with Crippen molar-refractivity contribution in [2.45, 2.75) is 26.2 Å². The summed E-state index contributed by atoms with van der Waals surface area (Å²) >= 11 is 0. The van der Waals surface area contributed by atoms with Crippen molar-refractivity contribution < 1.29 is 4.79 Å². The first-order valence-electron chi connectivity index (χ1n) is 6.19. The van der Waals surface area contributed by atoms with Gasteiger partial charge in [-0.3, -0.25) is 4.79 Å². The van der Waals surface area contributed by atoms with E-state index in [1.807, 2.05) is 31.0 Å². The quantitative estimate of drug-likeness (QED) is 0.814. The lowest BCUT2D eigenvalue weighted by Crippen LogP contribution is -2.34. The fraction of sp³-hybridized carbons (Fsp3) is 0.500. The van der Waals surface area contributed by atoms with Gasteiger partial charge in [-0.15, -0.1) is 0 Å². The third kappa shape index (κ3) is 2.60. The van der Waals surface area contributed by atoms with Crippen LogP contribution in [0.15, 0.2) is 18.2 Å². The van der Waals surface area contributed by atoms with E-state index in [2.05, 4.69) is 0 Å². The summed E-state index contributed by atoms with van der Waals surface area (Å²) < 4.78 is 0. The van der Waals surface area contributed by atoms with Crippen molar-refractivity contribution in [1.29, 1.82) is 0 Å². The fourth-order valence-corrected chi connectivity index (χ4v) is 2.17. The molecule has 92 valence electrons. The van der Waals surface area contributed by atoms with Crippen LogP contribution in [0, 0.1) is 12.8 Å². The normalized spacial score (nSPS) is 15.4. The summed E-state index contributed by atoms with van der Waals surface area (Å²) in [7, 11) is 1.88. The lowest BCUT2D eigenvalue weighted by atomic mass is 9.85. The number of hydrogen-bond donors (Lipinski definition) is 1. The monoisotopic (exact) mass is 232 g/mol. The molecule has 0 heterocycles. The molecule has 0 bridgehead atoms. The number of nitrogens with two attached hydrogens (primary N) is 1. The second kappa shape index (κ2) is 4.78. The molecule has 1 aromatic carbocycles. The molecule has 1 aromatic rings. The van der Waals surface area contributed by atoms with Gasteiger partial charge in [0, 0.05) is 24.8 Å². The lowest BCUT2D eigenvalue weighted by molar-refractivity contribution is 0.0745. The molecule has 0 saturated heterocycles. The largest absolute Gasteiger partial charge is 0.399 e. The zero-order valence-electron chi connectivity index (χ0n) is 10.6. The standard InChI is InChI=1S/C14H20N2O/c1-10-8-12(6-7-13(10)15)14(17)16(2)9-11-4-3-5-11/h6-8,11H,3-5,9,15H2,1-2H3. The number of carbonyl (C=O) groups is 1. The van der Waals surface area contributed by atoms with Gasteiger partial charge >= 0.3 is 0 Å². The first-order chi connectivity index (χ1) is 8.08. The molecule has 3 nitrogen and oxygen atoms in total. The molecule has 0 aromatic heterocycles. The summed E-state index contributed by atoms with van der Waals surface area (Å²) in [6.45, 7) is 2.81. The number of hydrogen-bond acceptors (Lipinski definition) is 2. The van der Waals surface area contributed by atoms with E-state index in [1.54, 1.807) is 6.07 Å². The summed E-state index contributed by atoms with van der Waals surface area (Å²) in [5.41, 5.74) is 8.19. The number of benzene rings is 1. The van der Waals surface area contributed by atoms with Gasteiger partial charge in [-0.2, -0.15) is 0 Å². The highest BCUT2D eigenvalue weighted by molar-refractivity contribution is 5.94. The topological polar surface area (TPSA) is 46.3 Å². The Bertz CT molecular complexity index is 424. The summed E-state index contributed by atoms with van der Waals surface area (Å²) in [5.74, 6) is 0.804. The van der Waals surface area contributed by atoms with E-state index in [0.29, 0.717) is 5.92 Å². The van der Waals surface area contributed by atoms with Crippen molar-refractivity contribution in [3.8, 4) is 0 Å². The Labute approximate surface area is 103 Å². The minimum absolute atomic E-state index is 0.0972. The number of amides is 1. The van der Waals surface area contributed by atoms with Gasteiger partial charge in [0.1, 0.15) is 0 Å². The molecule has 0 atom stereocenters. The van der Waals surface area contributed by atoms with E-state index in [1.165, 1.54) is 19.3 Å². The van der Waals surface area contributed by atoms with E-state index in [-0.39, 0.29) is 5.91 Å². The van der Waals surface area contributed by atoms with Gasteiger partial charge in [-0.25, -0.2) is 0 Å². The number of nitrogen functional groups attached to an aromatic ring is 1. The number of rotatable bonds is 3. The molecular formula is C14H20N2O. The second-order valence-electron chi connectivity index (χ2n) is 5.05. The van der Waals surface area contributed by atoms with E-state index in [0.717, 1.165) is 23.4 Å². The molecule has 17 heavy (non-hydrogen) atoms. The molecule has 0 radical (unpaired) electrons. The predicted molar refractivity (Wildman–Crippen MR) is 69.9 cm³/mol. The molecule has 0 aliphatic heterocycles. The van der Waals surface area contributed by atoms with Crippen LogP contribution in [0.2, 0.25) is 0 Å². The van der Waals surface area contributed by atoms with Gasteiger partial charge in [0.2, 0.25) is 0 Å². The summed E-state index contributed by atoms with van der Waals surface area (Å²) in [6, 6.07) is 5.48. The molecule has 2 rings (SSSR count). The first kappa shape index (κ1) is 12.0. The van der Waals surface area contributed by atoms with Crippen LogP contribution in [0.5, 0.6) is 0 Å². The molecule has 3 heteroatoms. The summed E-state index contributed by atoms with van der Waals surface area (Å²) in [6.07, 6.45) is 3.84. The van der Waals surface area contributed by atoms with Crippen molar-refractivity contribution in [1.82, 2.24) is 4.90 Å². The maximum absolute atomic E-state index is 12.2. The van der Waals surface area contributed by atoms with Crippen LogP contribution < -0.4 is 5.73 Å². The first-order valence-corrected chi connectivity index (χ1v) is 6.19. The van der Waals surface area contributed by atoms with Crippen LogP contribution in [0.4, 0.5) is 5.69 Å². The maximum Gasteiger partial charge on any atom is 0.253 e. The Kier molecular flexibility index (Phi) is 3.36. The van der Waals surface area contributed by atoms with E-state index >= 15 is 0 Å². The SMILES string of the molecule is Cc1cc(C(=O)N(C)CC2CCC2)ccc1N. The number of nitrogens with zero attached hydrogens (tertiary/aromatic N) is 1.